The van der Waals surface area contributed by atoms with Gasteiger partial charge in [0.05, 0.1) is 10.5 Å². The molecule has 22 heavy (non-hydrogen) atoms. The van der Waals surface area contributed by atoms with E-state index in [1.165, 1.54) is 56.4 Å². The van der Waals surface area contributed by atoms with Gasteiger partial charge in [-0.2, -0.15) is 0 Å². The zero-order valence-electron chi connectivity index (χ0n) is 12.8. The van der Waals surface area contributed by atoms with Gasteiger partial charge >= 0.3 is 5.97 Å². The SMILES string of the molecule is CNC(COC(=O)c1ccc([N+](=O)[O-])cc1)C1CCCCC1. The lowest BCUT2D eigenvalue weighted by molar-refractivity contribution is -0.384. The fourth-order valence-corrected chi connectivity index (χ4v) is 2.96. The Balaban J connectivity index is 1.88. The van der Waals surface area contributed by atoms with Crippen molar-refractivity contribution >= 4 is 11.7 Å². The Hall–Kier alpha value is -1.95. The average molecular weight is 306 g/mol. The molecule has 1 aliphatic carbocycles. The topological polar surface area (TPSA) is 81.5 Å². The second-order valence-electron chi connectivity index (χ2n) is 5.70. The Bertz CT molecular complexity index is 509. The number of hydrogen-bond acceptors (Lipinski definition) is 5. The standard InChI is InChI=1S/C16H22N2O4/c1-17-15(12-5-3-2-4-6-12)11-22-16(19)13-7-9-14(10-8-13)18(20)21/h7-10,12,15,17H,2-6,11H2,1H3. The van der Waals surface area contributed by atoms with E-state index in [-0.39, 0.29) is 11.7 Å². The molecular formula is C16H22N2O4. The maximum absolute atomic E-state index is 12.0. The summed E-state index contributed by atoms with van der Waals surface area (Å²) in [6.07, 6.45) is 6.09. The Morgan fingerprint density at radius 3 is 2.50 bits per heavy atom. The van der Waals surface area contributed by atoms with Gasteiger partial charge in [0.15, 0.2) is 0 Å². The van der Waals surface area contributed by atoms with Gasteiger partial charge in [-0.3, -0.25) is 10.1 Å². The molecule has 120 valence electrons. The molecule has 1 atom stereocenters. The minimum absolute atomic E-state index is 0.0353. The summed E-state index contributed by atoms with van der Waals surface area (Å²) in [6, 6.07) is 5.65. The van der Waals surface area contributed by atoms with Gasteiger partial charge < -0.3 is 10.1 Å². The second-order valence-corrected chi connectivity index (χ2v) is 5.70. The molecule has 1 saturated carbocycles. The molecule has 6 heteroatoms. The molecule has 1 fully saturated rings. The molecule has 0 amide bonds. The normalized spacial score (nSPS) is 17.0. The summed E-state index contributed by atoms with van der Waals surface area (Å²) < 4.78 is 5.36. The highest BCUT2D eigenvalue weighted by Crippen LogP contribution is 2.26. The summed E-state index contributed by atoms with van der Waals surface area (Å²) in [7, 11) is 1.89. The van der Waals surface area contributed by atoms with Crippen molar-refractivity contribution in [2.24, 2.45) is 5.92 Å². The van der Waals surface area contributed by atoms with Crippen molar-refractivity contribution in [3.05, 3.63) is 39.9 Å². The number of rotatable bonds is 6. The van der Waals surface area contributed by atoms with Crippen LogP contribution in [-0.4, -0.2) is 30.6 Å². The first-order valence-electron chi connectivity index (χ1n) is 7.70. The summed E-state index contributed by atoms with van der Waals surface area (Å²) in [5.41, 5.74) is 0.302. The van der Waals surface area contributed by atoms with E-state index in [0.29, 0.717) is 18.1 Å². The number of likely N-dealkylation sites (N-methyl/N-ethyl adjacent to an activating group) is 1. The number of hydrogen-bond donors (Lipinski definition) is 1. The Morgan fingerprint density at radius 1 is 1.32 bits per heavy atom. The average Bonchev–Trinajstić information content (AvgIpc) is 2.56. The second kappa shape index (κ2) is 7.89. The molecule has 0 bridgehead atoms. The van der Waals surface area contributed by atoms with Gasteiger partial charge in [-0.25, -0.2) is 4.79 Å². The van der Waals surface area contributed by atoms with Gasteiger partial charge in [-0.15, -0.1) is 0 Å². The molecule has 1 aromatic rings. The Kier molecular flexibility index (Phi) is 5.89. The molecule has 1 aromatic carbocycles. The van der Waals surface area contributed by atoms with E-state index < -0.39 is 10.9 Å². The van der Waals surface area contributed by atoms with Gasteiger partial charge in [-0.05, 0) is 37.9 Å². The molecular weight excluding hydrogens is 284 g/mol. The molecule has 1 aliphatic rings. The number of ether oxygens (including phenoxy) is 1. The number of benzene rings is 1. The number of nitro benzene ring substituents is 1. The largest absolute Gasteiger partial charge is 0.460 e. The van der Waals surface area contributed by atoms with Gasteiger partial charge in [0.2, 0.25) is 0 Å². The minimum Gasteiger partial charge on any atom is -0.460 e. The van der Waals surface area contributed by atoms with E-state index in [2.05, 4.69) is 5.32 Å². The number of nitrogens with zero attached hydrogens (tertiary/aromatic N) is 1. The summed E-state index contributed by atoms with van der Waals surface area (Å²) in [4.78, 5) is 22.1. The summed E-state index contributed by atoms with van der Waals surface area (Å²) in [5.74, 6) is 0.106. The van der Waals surface area contributed by atoms with Crippen LogP contribution in [0.2, 0.25) is 0 Å². The quantitative estimate of drug-likeness (QED) is 0.496. The van der Waals surface area contributed by atoms with Crippen LogP contribution in [0.1, 0.15) is 42.5 Å². The van der Waals surface area contributed by atoms with E-state index in [1.807, 2.05) is 7.05 Å². The smallest absolute Gasteiger partial charge is 0.338 e. The Morgan fingerprint density at radius 2 is 1.95 bits per heavy atom. The van der Waals surface area contributed by atoms with E-state index in [4.69, 9.17) is 4.74 Å². The lowest BCUT2D eigenvalue weighted by atomic mass is 9.84. The third-order valence-electron chi connectivity index (χ3n) is 4.30. The third kappa shape index (κ3) is 4.27. The number of carbonyl (C=O) groups excluding carboxylic acids is 1. The van der Waals surface area contributed by atoms with Crippen LogP contribution < -0.4 is 5.32 Å². The van der Waals surface area contributed by atoms with Gasteiger partial charge in [0.1, 0.15) is 6.61 Å². The highest BCUT2D eigenvalue weighted by molar-refractivity contribution is 5.89. The highest BCUT2D eigenvalue weighted by atomic mass is 16.6. The molecule has 0 saturated heterocycles. The first kappa shape index (κ1) is 16.4. The van der Waals surface area contributed by atoms with Crippen molar-refractivity contribution in [3.8, 4) is 0 Å². The molecule has 1 N–H and O–H groups in total. The fraction of sp³-hybridized carbons (Fsp3) is 0.562. The number of non-ortho nitro benzene ring substituents is 1. The lowest BCUT2D eigenvalue weighted by Gasteiger charge is -2.29. The van der Waals surface area contributed by atoms with Crippen LogP contribution in [-0.2, 0) is 4.74 Å². The molecule has 0 heterocycles. The summed E-state index contributed by atoms with van der Waals surface area (Å²) in [5, 5.41) is 13.8. The van der Waals surface area contributed by atoms with E-state index >= 15 is 0 Å². The summed E-state index contributed by atoms with van der Waals surface area (Å²) in [6.45, 7) is 0.330. The summed E-state index contributed by atoms with van der Waals surface area (Å²) >= 11 is 0. The van der Waals surface area contributed by atoms with Crippen molar-refractivity contribution in [1.82, 2.24) is 5.32 Å². The van der Waals surface area contributed by atoms with Gasteiger partial charge in [0.25, 0.3) is 5.69 Å². The Labute approximate surface area is 130 Å². The van der Waals surface area contributed by atoms with Crippen LogP contribution in [0.5, 0.6) is 0 Å². The number of nitro groups is 1. The molecule has 1 unspecified atom stereocenters. The molecule has 0 radical (unpaired) electrons. The molecule has 0 aliphatic heterocycles. The first-order valence-corrected chi connectivity index (χ1v) is 7.70. The van der Waals surface area contributed by atoms with Crippen molar-refractivity contribution in [2.45, 2.75) is 38.1 Å². The van der Waals surface area contributed by atoms with Crippen LogP contribution in [0, 0.1) is 16.0 Å². The molecule has 2 rings (SSSR count). The number of nitrogens with one attached hydrogen (secondary N) is 1. The van der Waals surface area contributed by atoms with Crippen LogP contribution >= 0.6 is 0 Å². The van der Waals surface area contributed by atoms with Crippen molar-refractivity contribution in [2.75, 3.05) is 13.7 Å². The third-order valence-corrected chi connectivity index (χ3v) is 4.30. The van der Waals surface area contributed by atoms with Gasteiger partial charge in [0, 0.05) is 18.2 Å². The van der Waals surface area contributed by atoms with Gasteiger partial charge in [-0.1, -0.05) is 19.3 Å². The number of carbonyl (C=O) groups is 1. The molecule has 0 spiro atoms. The van der Waals surface area contributed by atoms with Crippen LogP contribution in [0.25, 0.3) is 0 Å². The maximum atomic E-state index is 12.0. The predicted octanol–water partition coefficient (Wildman–Crippen LogP) is 2.92. The van der Waals surface area contributed by atoms with Crippen molar-refractivity contribution < 1.29 is 14.5 Å². The van der Waals surface area contributed by atoms with E-state index in [9.17, 15) is 14.9 Å². The highest BCUT2D eigenvalue weighted by Gasteiger charge is 2.23. The van der Waals surface area contributed by atoms with Crippen LogP contribution in [0.15, 0.2) is 24.3 Å². The van der Waals surface area contributed by atoms with E-state index in [0.717, 1.165) is 0 Å². The first-order chi connectivity index (χ1) is 10.6. The zero-order valence-corrected chi connectivity index (χ0v) is 12.8. The van der Waals surface area contributed by atoms with Crippen LogP contribution in [0.3, 0.4) is 0 Å². The van der Waals surface area contributed by atoms with Crippen molar-refractivity contribution in [3.63, 3.8) is 0 Å². The number of esters is 1. The zero-order chi connectivity index (χ0) is 15.9. The minimum atomic E-state index is -0.491. The maximum Gasteiger partial charge on any atom is 0.338 e. The monoisotopic (exact) mass is 306 g/mol. The fourth-order valence-electron chi connectivity index (χ4n) is 2.96. The van der Waals surface area contributed by atoms with Crippen LogP contribution in [0.4, 0.5) is 5.69 Å². The van der Waals surface area contributed by atoms with E-state index in [1.54, 1.807) is 0 Å². The van der Waals surface area contributed by atoms with Crippen molar-refractivity contribution in [1.29, 1.82) is 0 Å². The lowest BCUT2D eigenvalue weighted by Crippen LogP contribution is -2.39. The predicted molar refractivity (Wildman–Crippen MR) is 82.8 cm³/mol. The molecule has 0 aromatic heterocycles. The molecule has 6 nitrogen and oxygen atoms in total.